The van der Waals surface area contributed by atoms with Crippen molar-refractivity contribution in [2.24, 2.45) is 5.18 Å². The number of nitroso groups, excluding NO2 is 1. The number of benzene rings is 2. The van der Waals surface area contributed by atoms with E-state index in [4.69, 9.17) is 55.9 Å². The van der Waals surface area contributed by atoms with Crippen LogP contribution in [0.4, 0.5) is 0 Å². The van der Waals surface area contributed by atoms with Crippen LogP contribution in [0.3, 0.4) is 0 Å². The van der Waals surface area contributed by atoms with Gasteiger partial charge in [-0.25, -0.2) is 0 Å². The average molecular weight is 421 g/mol. The maximum absolute atomic E-state index is 10.2. The van der Waals surface area contributed by atoms with E-state index in [1.807, 2.05) is 24.3 Å². The van der Waals surface area contributed by atoms with Gasteiger partial charge in [-0.3, -0.25) is 0 Å². The zero-order valence-electron chi connectivity index (χ0n) is 12.8. The standard InChI is InChI=1S/C17H13Cl4NO3/c18-14-7-13(24-6-5-16(20)21)8-15(19)17(14)25-10-12-3-1-11(2-4-12)9-22-23/h1-5,7-8H,6,9-10H2. The van der Waals surface area contributed by atoms with Crippen LogP contribution in [0.15, 0.2) is 52.1 Å². The van der Waals surface area contributed by atoms with Crippen LogP contribution in [0.5, 0.6) is 11.5 Å². The number of halogens is 4. The molecule has 0 heterocycles. The van der Waals surface area contributed by atoms with Crippen LogP contribution in [0, 0.1) is 4.91 Å². The van der Waals surface area contributed by atoms with Crippen LogP contribution >= 0.6 is 46.4 Å². The summed E-state index contributed by atoms with van der Waals surface area (Å²) < 4.78 is 11.2. The third kappa shape index (κ3) is 6.40. The summed E-state index contributed by atoms with van der Waals surface area (Å²) in [5.41, 5.74) is 1.74. The molecule has 0 fully saturated rings. The maximum atomic E-state index is 10.2. The number of hydrogen-bond donors (Lipinski definition) is 0. The third-order valence-electron chi connectivity index (χ3n) is 3.11. The molecular formula is C17H13Cl4NO3. The zero-order valence-corrected chi connectivity index (χ0v) is 15.9. The van der Waals surface area contributed by atoms with Crippen molar-refractivity contribution in [3.63, 3.8) is 0 Å². The molecule has 25 heavy (non-hydrogen) atoms. The molecule has 132 valence electrons. The predicted molar refractivity (Wildman–Crippen MR) is 102 cm³/mol. The number of nitrogens with zero attached hydrogens (tertiary/aromatic N) is 1. The van der Waals surface area contributed by atoms with Gasteiger partial charge in [0.15, 0.2) is 5.75 Å². The predicted octanol–water partition coefficient (Wildman–Crippen LogP) is 6.54. The molecule has 0 aliphatic carbocycles. The lowest BCUT2D eigenvalue weighted by atomic mass is 10.1. The van der Waals surface area contributed by atoms with Gasteiger partial charge in [0.05, 0.1) is 10.0 Å². The molecule has 2 aromatic carbocycles. The highest BCUT2D eigenvalue weighted by Gasteiger charge is 2.11. The van der Waals surface area contributed by atoms with E-state index >= 15 is 0 Å². The van der Waals surface area contributed by atoms with E-state index in [-0.39, 0.29) is 24.2 Å². The highest BCUT2D eigenvalue weighted by molar-refractivity contribution is 6.55. The second kappa shape index (κ2) is 9.88. The molecule has 0 spiro atoms. The second-order valence-corrected chi connectivity index (χ2v) is 6.74. The Hall–Kier alpha value is -1.46. The lowest BCUT2D eigenvalue weighted by molar-refractivity contribution is 0.305. The van der Waals surface area contributed by atoms with Crippen LogP contribution in [0.2, 0.25) is 10.0 Å². The first-order valence-corrected chi connectivity index (χ1v) is 8.63. The fraction of sp³-hybridized carbons (Fsp3) is 0.176. The number of hydrogen-bond acceptors (Lipinski definition) is 4. The molecule has 0 aliphatic heterocycles. The van der Waals surface area contributed by atoms with E-state index in [2.05, 4.69) is 5.18 Å². The minimum atomic E-state index is 0.118. The average Bonchev–Trinajstić information content (AvgIpc) is 2.55. The topological polar surface area (TPSA) is 47.9 Å². The van der Waals surface area contributed by atoms with Gasteiger partial charge in [-0.1, -0.05) is 75.8 Å². The first-order valence-electron chi connectivity index (χ1n) is 7.12. The molecule has 0 saturated heterocycles. The molecule has 0 unspecified atom stereocenters. The van der Waals surface area contributed by atoms with Crippen molar-refractivity contribution >= 4 is 46.4 Å². The molecule has 0 amide bonds. The highest BCUT2D eigenvalue weighted by atomic mass is 35.5. The zero-order chi connectivity index (χ0) is 18.2. The Morgan fingerprint density at radius 1 is 1.00 bits per heavy atom. The van der Waals surface area contributed by atoms with Gasteiger partial charge in [-0.15, -0.1) is 0 Å². The Bertz CT molecular complexity index is 736. The van der Waals surface area contributed by atoms with E-state index in [0.717, 1.165) is 11.1 Å². The highest BCUT2D eigenvalue weighted by Crippen LogP contribution is 2.37. The van der Waals surface area contributed by atoms with Crippen molar-refractivity contribution in [3.05, 3.63) is 73.0 Å². The largest absolute Gasteiger partial charge is 0.489 e. The van der Waals surface area contributed by atoms with Crippen molar-refractivity contribution < 1.29 is 9.47 Å². The van der Waals surface area contributed by atoms with Crippen molar-refractivity contribution in [2.45, 2.75) is 13.2 Å². The molecule has 0 aliphatic rings. The van der Waals surface area contributed by atoms with E-state index < -0.39 is 0 Å². The van der Waals surface area contributed by atoms with Crippen molar-refractivity contribution in [1.82, 2.24) is 0 Å². The minimum absolute atomic E-state index is 0.118. The normalized spacial score (nSPS) is 10.2. The summed E-state index contributed by atoms with van der Waals surface area (Å²) in [5, 5.41) is 3.49. The maximum Gasteiger partial charge on any atom is 0.157 e. The Kier molecular flexibility index (Phi) is 7.85. The molecule has 2 aromatic rings. The first-order chi connectivity index (χ1) is 12.0. The van der Waals surface area contributed by atoms with E-state index in [0.29, 0.717) is 21.5 Å². The van der Waals surface area contributed by atoms with Gasteiger partial charge < -0.3 is 9.47 Å². The summed E-state index contributed by atoms with van der Waals surface area (Å²) in [7, 11) is 0. The minimum Gasteiger partial charge on any atom is -0.489 e. The second-order valence-electron chi connectivity index (χ2n) is 4.91. The van der Waals surface area contributed by atoms with Gasteiger partial charge in [-0.05, 0) is 17.2 Å². The molecule has 0 radical (unpaired) electrons. The fourth-order valence-corrected chi connectivity index (χ4v) is 2.63. The van der Waals surface area contributed by atoms with Gasteiger partial charge >= 0.3 is 0 Å². The van der Waals surface area contributed by atoms with Gasteiger partial charge in [0.2, 0.25) is 0 Å². The monoisotopic (exact) mass is 419 g/mol. The first kappa shape index (κ1) is 19.9. The molecule has 4 nitrogen and oxygen atoms in total. The van der Waals surface area contributed by atoms with Crippen LogP contribution in [0.25, 0.3) is 0 Å². The number of rotatable bonds is 8. The SMILES string of the molecule is O=NCc1ccc(COc2c(Cl)cc(OCC=C(Cl)Cl)cc2Cl)cc1. The van der Waals surface area contributed by atoms with Gasteiger partial charge in [0.1, 0.15) is 30.0 Å². The molecule has 0 aromatic heterocycles. The molecule has 0 saturated carbocycles. The van der Waals surface area contributed by atoms with Gasteiger partial charge in [0, 0.05) is 12.1 Å². The summed E-state index contributed by atoms with van der Waals surface area (Å²) in [6.07, 6.45) is 1.50. The van der Waals surface area contributed by atoms with Crippen LogP contribution in [-0.4, -0.2) is 6.61 Å². The Morgan fingerprint density at radius 2 is 1.60 bits per heavy atom. The van der Waals surface area contributed by atoms with Crippen LogP contribution in [0.1, 0.15) is 11.1 Å². The van der Waals surface area contributed by atoms with Crippen LogP contribution < -0.4 is 9.47 Å². The summed E-state index contributed by atoms with van der Waals surface area (Å²) >= 11 is 23.4. The molecular weight excluding hydrogens is 408 g/mol. The van der Waals surface area contributed by atoms with Crippen LogP contribution in [-0.2, 0) is 13.2 Å². The Labute approximate surface area is 165 Å². The lowest BCUT2D eigenvalue weighted by Crippen LogP contribution is -1.98. The van der Waals surface area contributed by atoms with Crippen molar-refractivity contribution in [1.29, 1.82) is 0 Å². The quantitative estimate of drug-likeness (QED) is 0.455. The smallest absolute Gasteiger partial charge is 0.157 e. The van der Waals surface area contributed by atoms with E-state index in [9.17, 15) is 4.91 Å². The third-order valence-corrected chi connectivity index (χ3v) is 3.98. The Balaban J connectivity index is 2.01. The summed E-state index contributed by atoms with van der Waals surface area (Å²) in [4.78, 5) is 10.2. The molecule has 0 N–H and O–H groups in total. The number of ether oxygens (including phenoxy) is 2. The molecule has 8 heteroatoms. The van der Waals surface area contributed by atoms with Gasteiger partial charge in [-0.2, -0.15) is 4.91 Å². The van der Waals surface area contributed by atoms with E-state index in [1.54, 1.807) is 12.1 Å². The lowest BCUT2D eigenvalue weighted by Gasteiger charge is -2.12. The Morgan fingerprint density at radius 3 is 2.16 bits per heavy atom. The van der Waals surface area contributed by atoms with Gasteiger partial charge in [0.25, 0.3) is 0 Å². The fourth-order valence-electron chi connectivity index (χ4n) is 1.93. The summed E-state index contributed by atoms with van der Waals surface area (Å²) in [5.74, 6) is 0.833. The molecule has 0 atom stereocenters. The summed E-state index contributed by atoms with van der Waals surface area (Å²) in [6, 6.07) is 10.5. The molecule has 0 bridgehead atoms. The van der Waals surface area contributed by atoms with Crippen molar-refractivity contribution in [3.8, 4) is 11.5 Å². The van der Waals surface area contributed by atoms with Crippen molar-refractivity contribution in [2.75, 3.05) is 6.61 Å². The summed E-state index contributed by atoms with van der Waals surface area (Å²) in [6.45, 7) is 0.612. The molecule has 2 rings (SSSR count). The van der Waals surface area contributed by atoms with E-state index in [1.165, 1.54) is 6.08 Å².